The fourth-order valence-corrected chi connectivity index (χ4v) is 4.45. The molecule has 2 aliphatic rings. The third kappa shape index (κ3) is 5.26. The lowest BCUT2D eigenvalue weighted by Gasteiger charge is -2.36. The van der Waals surface area contributed by atoms with Gasteiger partial charge in [-0.1, -0.05) is 18.2 Å². The van der Waals surface area contributed by atoms with Crippen LogP contribution in [0.1, 0.15) is 23.6 Å². The number of amides is 2. The molecule has 2 amide bonds. The lowest BCUT2D eigenvalue weighted by atomic mass is 10.0. The van der Waals surface area contributed by atoms with Gasteiger partial charge in [0.2, 0.25) is 11.8 Å². The van der Waals surface area contributed by atoms with Gasteiger partial charge in [-0.05, 0) is 41.8 Å². The van der Waals surface area contributed by atoms with Crippen LogP contribution >= 0.6 is 0 Å². The molecule has 2 saturated heterocycles. The molecule has 34 heavy (non-hydrogen) atoms. The number of ether oxygens (including phenoxy) is 3. The van der Waals surface area contributed by atoms with Gasteiger partial charge in [0.15, 0.2) is 11.5 Å². The molecule has 2 aromatic rings. The third-order valence-electron chi connectivity index (χ3n) is 6.47. The Labute approximate surface area is 199 Å². The first-order valence-electron chi connectivity index (χ1n) is 11.4. The van der Waals surface area contributed by atoms with E-state index in [0.29, 0.717) is 44.1 Å². The van der Waals surface area contributed by atoms with E-state index in [1.807, 2.05) is 46.2 Å². The van der Waals surface area contributed by atoms with E-state index in [2.05, 4.69) is 10.9 Å². The number of methoxy groups -OCH3 is 3. The summed E-state index contributed by atoms with van der Waals surface area (Å²) in [5.41, 5.74) is 8.35. The van der Waals surface area contributed by atoms with Gasteiger partial charge in [-0.2, -0.15) is 0 Å². The Morgan fingerprint density at radius 1 is 0.853 bits per heavy atom. The minimum atomic E-state index is -0.291. The van der Waals surface area contributed by atoms with Gasteiger partial charge in [0.05, 0.1) is 27.8 Å². The van der Waals surface area contributed by atoms with Crippen LogP contribution in [-0.4, -0.2) is 75.2 Å². The van der Waals surface area contributed by atoms with Crippen LogP contribution < -0.4 is 25.1 Å². The zero-order chi connectivity index (χ0) is 24.1. The first-order chi connectivity index (χ1) is 16.5. The predicted molar refractivity (Wildman–Crippen MR) is 127 cm³/mol. The second-order valence-electron chi connectivity index (χ2n) is 8.47. The zero-order valence-electron chi connectivity index (χ0n) is 19.9. The van der Waals surface area contributed by atoms with Crippen LogP contribution in [0.5, 0.6) is 17.2 Å². The van der Waals surface area contributed by atoms with Crippen molar-refractivity contribution in [2.24, 2.45) is 0 Å². The summed E-state index contributed by atoms with van der Waals surface area (Å²) in [5, 5.41) is 0. The van der Waals surface area contributed by atoms with E-state index in [4.69, 9.17) is 14.2 Å². The summed E-state index contributed by atoms with van der Waals surface area (Å²) in [6.07, 6.45) is 0.954. The van der Waals surface area contributed by atoms with Gasteiger partial charge in [0.25, 0.3) is 0 Å². The third-order valence-corrected chi connectivity index (χ3v) is 6.47. The second-order valence-corrected chi connectivity index (χ2v) is 8.47. The van der Waals surface area contributed by atoms with Crippen LogP contribution in [0.2, 0.25) is 0 Å². The summed E-state index contributed by atoms with van der Waals surface area (Å²) in [5.74, 6) is 2.15. The van der Waals surface area contributed by atoms with Crippen molar-refractivity contribution >= 4 is 11.8 Å². The Bertz CT molecular complexity index is 1000. The molecule has 0 bridgehead atoms. The molecule has 4 rings (SSSR count). The topological polar surface area (TPSA) is 92.4 Å². The van der Waals surface area contributed by atoms with Crippen molar-refractivity contribution in [3.63, 3.8) is 0 Å². The molecule has 2 aromatic carbocycles. The number of hydrogen-bond donors (Lipinski definition) is 2. The van der Waals surface area contributed by atoms with Crippen LogP contribution in [0, 0.1) is 0 Å². The highest BCUT2D eigenvalue weighted by atomic mass is 16.5. The Balaban J connectivity index is 1.27. The van der Waals surface area contributed by atoms with E-state index in [0.717, 1.165) is 16.9 Å². The molecule has 0 aromatic heterocycles. The van der Waals surface area contributed by atoms with E-state index >= 15 is 0 Å². The van der Waals surface area contributed by atoms with Crippen molar-refractivity contribution in [2.45, 2.75) is 24.9 Å². The number of nitrogens with one attached hydrogen (secondary N) is 2. The smallest absolute Gasteiger partial charge is 0.241 e. The van der Waals surface area contributed by atoms with E-state index in [1.165, 1.54) is 0 Å². The fourth-order valence-electron chi connectivity index (χ4n) is 4.45. The first kappa shape index (κ1) is 23.8. The average Bonchev–Trinajstić information content (AvgIpc) is 3.38. The van der Waals surface area contributed by atoms with Crippen LogP contribution in [0.3, 0.4) is 0 Å². The van der Waals surface area contributed by atoms with Crippen molar-refractivity contribution < 1.29 is 23.8 Å². The summed E-state index contributed by atoms with van der Waals surface area (Å²) in [6, 6.07) is 13.1. The summed E-state index contributed by atoms with van der Waals surface area (Å²) >= 11 is 0. The summed E-state index contributed by atoms with van der Waals surface area (Å²) in [6.45, 7) is 2.11. The highest BCUT2D eigenvalue weighted by Crippen LogP contribution is 2.28. The van der Waals surface area contributed by atoms with Crippen LogP contribution in [0.15, 0.2) is 42.5 Å². The average molecular weight is 469 g/mol. The Hall–Kier alpha value is -3.30. The quantitative estimate of drug-likeness (QED) is 0.637. The van der Waals surface area contributed by atoms with Gasteiger partial charge in [-0.3, -0.25) is 9.59 Å². The van der Waals surface area contributed by atoms with Gasteiger partial charge in [0.1, 0.15) is 11.8 Å². The minimum absolute atomic E-state index is 0.0412. The Morgan fingerprint density at radius 2 is 1.53 bits per heavy atom. The van der Waals surface area contributed by atoms with Gasteiger partial charge in [-0.25, -0.2) is 10.9 Å². The number of carbonyl (C=O) groups excluding carboxylic acids is 2. The van der Waals surface area contributed by atoms with E-state index in [1.54, 1.807) is 27.4 Å². The molecule has 2 atom stereocenters. The molecule has 0 radical (unpaired) electrons. The van der Waals surface area contributed by atoms with Crippen molar-refractivity contribution in [1.29, 1.82) is 0 Å². The number of rotatable bonds is 7. The molecular weight excluding hydrogens is 436 g/mol. The largest absolute Gasteiger partial charge is 0.497 e. The molecular formula is C25H32N4O5. The molecule has 2 heterocycles. The van der Waals surface area contributed by atoms with E-state index in [-0.39, 0.29) is 30.3 Å². The number of hydrogen-bond acceptors (Lipinski definition) is 7. The number of benzene rings is 2. The van der Waals surface area contributed by atoms with Crippen molar-refractivity contribution in [1.82, 2.24) is 20.7 Å². The Kier molecular flexibility index (Phi) is 7.54. The molecule has 0 spiro atoms. The highest BCUT2D eigenvalue weighted by molar-refractivity contribution is 5.83. The molecule has 9 nitrogen and oxygen atoms in total. The number of hydrazine groups is 1. The first-order valence-corrected chi connectivity index (χ1v) is 11.4. The standard InChI is InChI=1S/C25H32N4O5/c1-32-19-7-5-18(6-8-19)20-16-21(27-26-20)25(31)29-12-10-28(11-13-29)24(30)15-17-4-9-22(33-2)23(14-17)34-3/h4-9,14,20-21,26-27H,10-13,15-16H2,1-3H3. The second kappa shape index (κ2) is 10.8. The molecule has 2 aliphatic heterocycles. The SMILES string of the molecule is COc1ccc(C2CC(C(=O)N3CCN(C(=O)Cc4ccc(OC)c(OC)c4)CC3)NN2)cc1. The van der Waals surface area contributed by atoms with Crippen molar-refractivity contribution in [3.8, 4) is 17.2 Å². The molecule has 0 aliphatic carbocycles. The van der Waals surface area contributed by atoms with Gasteiger partial charge in [0, 0.05) is 32.2 Å². The highest BCUT2D eigenvalue weighted by Gasteiger charge is 2.34. The van der Waals surface area contributed by atoms with Crippen LogP contribution in [0.25, 0.3) is 0 Å². The number of carbonyl (C=O) groups is 2. The Morgan fingerprint density at radius 3 is 2.18 bits per heavy atom. The van der Waals surface area contributed by atoms with E-state index in [9.17, 15) is 9.59 Å². The molecule has 0 saturated carbocycles. The van der Waals surface area contributed by atoms with Gasteiger partial charge >= 0.3 is 0 Å². The van der Waals surface area contributed by atoms with Gasteiger partial charge in [-0.15, -0.1) is 0 Å². The molecule has 2 unspecified atom stereocenters. The fraction of sp³-hybridized carbons (Fsp3) is 0.440. The molecule has 2 fully saturated rings. The lowest BCUT2D eigenvalue weighted by molar-refractivity contribution is -0.140. The lowest BCUT2D eigenvalue weighted by Crippen LogP contribution is -2.54. The molecule has 2 N–H and O–H groups in total. The normalized spacial score (nSPS) is 20.2. The maximum absolute atomic E-state index is 13.1. The maximum atomic E-state index is 13.1. The molecule has 9 heteroatoms. The van der Waals surface area contributed by atoms with Crippen LogP contribution in [-0.2, 0) is 16.0 Å². The predicted octanol–water partition coefficient (Wildman–Crippen LogP) is 1.53. The van der Waals surface area contributed by atoms with E-state index < -0.39 is 0 Å². The minimum Gasteiger partial charge on any atom is -0.497 e. The number of nitrogens with zero attached hydrogens (tertiary/aromatic N) is 2. The summed E-state index contributed by atoms with van der Waals surface area (Å²) < 4.78 is 15.8. The zero-order valence-corrected chi connectivity index (χ0v) is 19.9. The molecule has 182 valence electrons. The maximum Gasteiger partial charge on any atom is 0.241 e. The van der Waals surface area contributed by atoms with Crippen molar-refractivity contribution in [3.05, 3.63) is 53.6 Å². The van der Waals surface area contributed by atoms with Crippen LogP contribution in [0.4, 0.5) is 0 Å². The number of piperazine rings is 1. The monoisotopic (exact) mass is 468 g/mol. The summed E-state index contributed by atoms with van der Waals surface area (Å²) in [7, 11) is 4.80. The summed E-state index contributed by atoms with van der Waals surface area (Å²) in [4.78, 5) is 29.5. The van der Waals surface area contributed by atoms with Crippen molar-refractivity contribution in [2.75, 3.05) is 47.5 Å². The van der Waals surface area contributed by atoms with Gasteiger partial charge < -0.3 is 24.0 Å².